The molecule has 10 heteroatoms. The van der Waals surface area contributed by atoms with Gasteiger partial charge in [0.15, 0.2) is 31.0 Å². The van der Waals surface area contributed by atoms with Gasteiger partial charge in [-0.1, -0.05) is 233 Å². The van der Waals surface area contributed by atoms with Crippen LogP contribution >= 0.6 is 0 Å². The van der Waals surface area contributed by atoms with Crippen molar-refractivity contribution >= 4 is 0 Å². The Morgan fingerprint density at radius 2 is 0.449 bits per heavy atom. The molecule has 0 amide bonds. The number of benzene rings is 8. The number of hydrogen-bond acceptors (Lipinski definition) is 0. The van der Waals surface area contributed by atoms with E-state index in [-0.39, 0.29) is 0 Å². The molecule has 0 N–H and O–H groups in total. The molecular formula is C126H143N10+5. The van der Waals surface area contributed by atoms with Gasteiger partial charge in [0.2, 0.25) is 28.5 Å². The lowest BCUT2D eigenvalue weighted by Gasteiger charge is -2.24. The minimum absolute atomic E-state index is 0.411. The Kier molecular flexibility index (Phi) is 30.7. The Hall–Kier alpha value is -14.1. The smallest absolute Gasteiger partial charge is 0.229 e. The quantitative estimate of drug-likeness (QED) is 0.0769. The van der Waals surface area contributed by atoms with Crippen LogP contribution in [0.5, 0.6) is 0 Å². The van der Waals surface area contributed by atoms with Gasteiger partial charge in [0.1, 0.15) is 63.7 Å². The molecule has 0 spiro atoms. The molecule has 0 aliphatic rings. The van der Waals surface area contributed by atoms with Crippen molar-refractivity contribution in [2.24, 2.45) is 35.2 Å². The van der Waals surface area contributed by atoms with Crippen LogP contribution in [0.3, 0.4) is 0 Å². The van der Waals surface area contributed by atoms with Gasteiger partial charge in [0, 0.05) is 106 Å². The average Bonchev–Trinajstić information content (AvgIpc) is 1.69. The molecule has 0 fully saturated rings. The molecule has 18 aromatic rings. The predicted octanol–water partition coefficient (Wildman–Crippen LogP) is 29.5. The van der Waals surface area contributed by atoms with Crippen molar-refractivity contribution in [2.45, 2.75) is 189 Å². The first-order valence-electron chi connectivity index (χ1n) is 48.6. The number of aryl methyl sites for hydroxylation is 18. The summed E-state index contributed by atoms with van der Waals surface area (Å²) in [6.07, 6.45) is 22.0. The number of aromatic nitrogens is 10. The normalized spacial score (nSPS) is 11.3. The highest BCUT2D eigenvalue weighted by molar-refractivity contribution is 5.87. The minimum Gasteiger partial charge on any atom is -0.311 e. The zero-order valence-corrected chi connectivity index (χ0v) is 86.0. The van der Waals surface area contributed by atoms with E-state index in [1.807, 2.05) is 0 Å². The molecule has 10 nitrogen and oxygen atoms in total. The third-order valence-electron chi connectivity index (χ3n) is 26.5. The Balaban J connectivity index is 0.000000137. The fourth-order valence-corrected chi connectivity index (χ4v) is 19.9. The number of hydrogen-bond donors (Lipinski definition) is 0. The van der Waals surface area contributed by atoms with Gasteiger partial charge in [0.05, 0.1) is 22.7 Å². The van der Waals surface area contributed by atoms with Gasteiger partial charge in [-0.3, -0.25) is 0 Å². The third kappa shape index (κ3) is 21.2. The molecule has 8 aromatic carbocycles. The maximum Gasteiger partial charge on any atom is 0.229 e. The van der Waals surface area contributed by atoms with Crippen molar-refractivity contribution in [1.29, 1.82) is 0 Å². The van der Waals surface area contributed by atoms with Gasteiger partial charge >= 0.3 is 0 Å². The summed E-state index contributed by atoms with van der Waals surface area (Å²) in [5, 5.41) is 0. The van der Waals surface area contributed by atoms with Crippen LogP contribution in [0.15, 0.2) is 329 Å². The van der Waals surface area contributed by atoms with Gasteiger partial charge in [-0.05, 0) is 287 Å². The van der Waals surface area contributed by atoms with E-state index in [9.17, 15) is 0 Å². The highest BCUT2D eigenvalue weighted by Gasteiger charge is 2.30. The van der Waals surface area contributed by atoms with Gasteiger partial charge in [0.25, 0.3) is 0 Å². The average molecular weight is 1800 g/mol. The summed E-state index contributed by atoms with van der Waals surface area (Å²) in [7, 11) is 10.6. The molecule has 0 atom stereocenters. The monoisotopic (exact) mass is 1800 g/mol. The van der Waals surface area contributed by atoms with E-state index < -0.39 is 0 Å². The highest BCUT2D eigenvalue weighted by Crippen LogP contribution is 2.44. The summed E-state index contributed by atoms with van der Waals surface area (Å²) in [4.78, 5) is 0. The van der Waals surface area contributed by atoms with Gasteiger partial charge in [-0.25, -0.2) is 0 Å². The Morgan fingerprint density at radius 1 is 0.191 bits per heavy atom. The van der Waals surface area contributed by atoms with Gasteiger partial charge in [-0.2, -0.15) is 22.8 Å². The van der Waals surface area contributed by atoms with Crippen LogP contribution in [0.2, 0.25) is 0 Å². The van der Waals surface area contributed by atoms with Crippen molar-refractivity contribution in [2.75, 3.05) is 0 Å². The molecule has 0 saturated heterocycles. The summed E-state index contributed by atoms with van der Waals surface area (Å²) in [6.45, 7) is 51.1. The molecule has 18 rings (SSSR count). The highest BCUT2D eigenvalue weighted by atomic mass is 15.1. The zero-order chi connectivity index (χ0) is 97.4. The maximum absolute atomic E-state index is 2.43. The number of rotatable bonds is 18. The van der Waals surface area contributed by atoms with Crippen molar-refractivity contribution in [1.82, 2.24) is 22.8 Å². The number of pyridine rings is 5. The van der Waals surface area contributed by atoms with Crippen molar-refractivity contribution in [3.63, 3.8) is 0 Å². The van der Waals surface area contributed by atoms with Crippen molar-refractivity contribution in [3.8, 4) is 119 Å². The SMILES string of the molecule is Cc1cc(C)c(-n2ccc(C)c2-c2ccc(C)c[n+]2C)c(C)c1.Cc1ccc(-c2c(C)ccn2-c2c(-c3ccccc3)cccc2-c2ccccc2)[n+](C)c1.Cc1ccc(-c2c(C)ccn2-c2c(C(C)C)cc(-c3ccccc3)cc2C(C)C)[n+](C)c1.Cc1ccc(-c2c(C)ccn2-c2c(C(C)C)cccc2C(C)C)[n+](C)c1.Cc1ccc(-c2c(C)ccn2-c2ccccc2C(C)C)[n+](C)c1. The second-order valence-corrected chi connectivity index (χ2v) is 39.3. The van der Waals surface area contributed by atoms with E-state index in [1.165, 1.54) is 219 Å². The van der Waals surface area contributed by atoms with E-state index in [4.69, 9.17) is 0 Å². The summed E-state index contributed by atoms with van der Waals surface area (Å²) < 4.78 is 23.0. The van der Waals surface area contributed by atoms with Crippen LogP contribution in [0, 0.1) is 90.0 Å². The van der Waals surface area contributed by atoms with Gasteiger partial charge in [-0.15, -0.1) is 0 Å². The first kappa shape index (κ1) is 97.9. The van der Waals surface area contributed by atoms with Crippen LogP contribution < -0.4 is 22.8 Å². The molecule has 0 radical (unpaired) electrons. The van der Waals surface area contributed by atoms with Crippen molar-refractivity contribution in [3.05, 3.63) is 429 Å². The van der Waals surface area contributed by atoms with E-state index in [0.29, 0.717) is 29.6 Å². The van der Waals surface area contributed by atoms with Crippen LogP contribution in [0.4, 0.5) is 0 Å². The van der Waals surface area contributed by atoms with E-state index in [1.54, 1.807) is 0 Å². The lowest BCUT2D eigenvalue weighted by molar-refractivity contribution is -0.661. The molecule has 0 bridgehead atoms. The lowest BCUT2D eigenvalue weighted by Crippen LogP contribution is -2.31. The first-order chi connectivity index (χ1) is 65.1. The topological polar surface area (TPSA) is 44.0 Å². The van der Waals surface area contributed by atoms with E-state index in [2.05, 4.69) is 569 Å². The molecule has 0 saturated carbocycles. The van der Waals surface area contributed by atoms with Gasteiger partial charge < -0.3 is 22.8 Å². The molecule has 692 valence electrons. The Labute approximate surface area is 812 Å². The summed E-state index contributed by atoms with van der Waals surface area (Å²) in [5.41, 5.74) is 50.0. The lowest BCUT2D eigenvalue weighted by atomic mass is 9.88. The molecule has 0 aliphatic heterocycles. The van der Waals surface area contributed by atoms with Crippen LogP contribution in [0.25, 0.3) is 119 Å². The fraction of sp³-hybridized carbons (Fsp3) is 0.262. The Bertz CT molecular complexity index is 7130. The maximum atomic E-state index is 2.43. The largest absolute Gasteiger partial charge is 0.311 e. The van der Waals surface area contributed by atoms with Crippen LogP contribution in [0.1, 0.15) is 199 Å². The molecule has 10 heterocycles. The molecular weight excluding hydrogens is 1650 g/mol. The summed E-state index contributed by atoms with van der Waals surface area (Å²) in [6, 6.07) is 96.7. The van der Waals surface area contributed by atoms with Crippen LogP contribution in [-0.2, 0) is 35.2 Å². The summed E-state index contributed by atoms with van der Waals surface area (Å²) >= 11 is 0. The molecule has 136 heavy (non-hydrogen) atoms. The van der Waals surface area contributed by atoms with E-state index in [0.717, 1.165) is 0 Å². The standard InChI is InChI=1S/C30H27N2.C30H35N2.C24H31N2.2C21H25N2/c1-22-17-18-28(31(3)21-22)29-23(2)19-20-32(29)30-26(24-11-6-4-7-12-24)15-10-16-27(30)25-13-8-5-9-14-25;1-20(2)26-17-25(24-11-9-8-10-12-24)18-27(21(3)4)30(26)32-16-15-23(6)29(32)28-14-13-22(5)19-31(28)7;1-16(2)20-9-8-10-21(17(3)4)24(20)26-14-13-19(6)23(26)22-12-11-18(5)15-25(22)7;1-14-7-8-19(22(6)13-14)21-16(3)9-10-23(21)20-17(4)11-15(2)12-18(20)5;1-15(2)18-8-6-7-9-19(18)23-13-12-17(4)21(23)20-11-10-16(3)14-22(20)5/h4-21H,1-3H3;8-21H,1-7H3;8-17H,1-7H3;7-13H,1-6H3;6-15H,1-5H3/q5*+1. The minimum atomic E-state index is 0.411. The predicted molar refractivity (Wildman–Crippen MR) is 570 cm³/mol. The van der Waals surface area contributed by atoms with Crippen molar-refractivity contribution < 1.29 is 22.8 Å². The van der Waals surface area contributed by atoms with E-state index >= 15 is 0 Å². The van der Waals surface area contributed by atoms with Crippen LogP contribution in [-0.4, -0.2) is 22.8 Å². The zero-order valence-electron chi connectivity index (χ0n) is 86.0. The number of nitrogens with zero attached hydrogens (tertiary/aromatic N) is 10. The molecule has 0 aliphatic carbocycles. The second kappa shape index (κ2) is 42.6. The molecule has 0 unspecified atom stereocenters. The first-order valence-corrected chi connectivity index (χ1v) is 48.6. The number of para-hydroxylation sites is 3. The molecule has 10 aromatic heterocycles. The fourth-order valence-electron chi connectivity index (χ4n) is 19.9. The second-order valence-electron chi connectivity index (χ2n) is 39.3. The Morgan fingerprint density at radius 3 is 0.765 bits per heavy atom. The third-order valence-corrected chi connectivity index (χ3v) is 26.5. The summed E-state index contributed by atoms with van der Waals surface area (Å²) in [5.74, 6) is 2.27.